The van der Waals surface area contributed by atoms with Gasteiger partial charge in [0, 0.05) is 12.5 Å². The van der Waals surface area contributed by atoms with Gasteiger partial charge in [-0.2, -0.15) is 0 Å². The lowest BCUT2D eigenvalue weighted by molar-refractivity contribution is 0.141. The van der Waals surface area contributed by atoms with Gasteiger partial charge in [0.15, 0.2) is 0 Å². The van der Waals surface area contributed by atoms with Gasteiger partial charge in [-0.15, -0.1) is 0 Å². The fourth-order valence-corrected chi connectivity index (χ4v) is 1.59. The predicted octanol–water partition coefficient (Wildman–Crippen LogP) is 1.87. The fraction of sp³-hybridized carbons (Fsp3) is 0.455. The van der Waals surface area contributed by atoms with Gasteiger partial charge in [-0.25, -0.2) is 0 Å². The summed E-state index contributed by atoms with van der Waals surface area (Å²) in [7, 11) is 0. The van der Waals surface area contributed by atoms with Crippen LogP contribution in [0, 0.1) is 6.92 Å². The smallest absolute Gasteiger partial charge is 0.124 e. The van der Waals surface area contributed by atoms with Crippen LogP contribution in [0.1, 0.15) is 12.0 Å². The standard InChI is InChI=1S/C11H14O3/c1-8-4-9(12)6-11(5-8)14-10-2-3-13-7-10/h4-6,10,12H,2-3,7H2,1H3. The van der Waals surface area contributed by atoms with Gasteiger partial charge >= 0.3 is 0 Å². The molecule has 1 heterocycles. The second kappa shape index (κ2) is 3.88. The Morgan fingerprint density at radius 3 is 2.93 bits per heavy atom. The van der Waals surface area contributed by atoms with E-state index in [1.807, 2.05) is 13.0 Å². The van der Waals surface area contributed by atoms with E-state index >= 15 is 0 Å². The molecule has 1 unspecified atom stereocenters. The SMILES string of the molecule is Cc1cc(O)cc(OC2CCOC2)c1. The van der Waals surface area contributed by atoms with Crippen molar-refractivity contribution in [3.05, 3.63) is 23.8 Å². The molecule has 14 heavy (non-hydrogen) atoms. The van der Waals surface area contributed by atoms with E-state index in [-0.39, 0.29) is 11.9 Å². The molecule has 1 aliphatic heterocycles. The van der Waals surface area contributed by atoms with Crippen LogP contribution >= 0.6 is 0 Å². The minimum Gasteiger partial charge on any atom is -0.508 e. The molecule has 3 nitrogen and oxygen atoms in total. The third kappa shape index (κ3) is 2.17. The van der Waals surface area contributed by atoms with Crippen molar-refractivity contribution < 1.29 is 14.6 Å². The molecule has 3 heteroatoms. The number of benzene rings is 1. The van der Waals surface area contributed by atoms with Gasteiger partial charge in [-0.05, 0) is 24.6 Å². The normalized spacial score (nSPS) is 21.1. The number of aromatic hydroxyl groups is 1. The van der Waals surface area contributed by atoms with Crippen molar-refractivity contribution >= 4 is 0 Å². The van der Waals surface area contributed by atoms with Crippen LogP contribution < -0.4 is 4.74 Å². The second-order valence-electron chi connectivity index (χ2n) is 3.61. The van der Waals surface area contributed by atoms with Gasteiger partial charge in [-0.3, -0.25) is 0 Å². The van der Waals surface area contributed by atoms with E-state index in [1.54, 1.807) is 12.1 Å². The van der Waals surface area contributed by atoms with Gasteiger partial charge in [0.2, 0.25) is 0 Å². The first-order chi connectivity index (χ1) is 6.74. The van der Waals surface area contributed by atoms with Crippen LogP contribution in [-0.4, -0.2) is 24.4 Å². The second-order valence-corrected chi connectivity index (χ2v) is 3.61. The van der Waals surface area contributed by atoms with E-state index in [0.29, 0.717) is 6.61 Å². The Bertz CT molecular complexity index is 296. The molecule has 1 aliphatic rings. The van der Waals surface area contributed by atoms with Gasteiger partial charge in [0.05, 0.1) is 13.2 Å². The Labute approximate surface area is 83.3 Å². The van der Waals surface area contributed by atoms with E-state index in [4.69, 9.17) is 9.47 Å². The largest absolute Gasteiger partial charge is 0.508 e. The third-order valence-corrected chi connectivity index (χ3v) is 2.23. The first kappa shape index (κ1) is 9.34. The summed E-state index contributed by atoms with van der Waals surface area (Å²) in [6.45, 7) is 3.34. The van der Waals surface area contributed by atoms with Crippen molar-refractivity contribution in [2.75, 3.05) is 13.2 Å². The molecular weight excluding hydrogens is 180 g/mol. The lowest BCUT2D eigenvalue weighted by Crippen LogP contribution is -2.15. The highest BCUT2D eigenvalue weighted by Gasteiger charge is 2.17. The summed E-state index contributed by atoms with van der Waals surface area (Å²) in [5, 5.41) is 9.36. The number of phenolic OH excluding ortho intramolecular Hbond substituents is 1. The molecule has 0 radical (unpaired) electrons. The summed E-state index contributed by atoms with van der Waals surface area (Å²) < 4.78 is 10.9. The number of ether oxygens (including phenoxy) is 2. The molecule has 2 rings (SSSR count). The van der Waals surface area contributed by atoms with Crippen molar-refractivity contribution in [1.82, 2.24) is 0 Å². The maximum Gasteiger partial charge on any atom is 0.124 e. The molecule has 0 bridgehead atoms. The molecule has 1 aromatic carbocycles. The van der Waals surface area contributed by atoms with Crippen molar-refractivity contribution in [3.8, 4) is 11.5 Å². The molecular formula is C11H14O3. The van der Waals surface area contributed by atoms with Crippen molar-refractivity contribution in [2.24, 2.45) is 0 Å². The quantitative estimate of drug-likeness (QED) is 0.781. The lowest BCUT2D eigenvalue weighted by atomic mass is 10.2. The predicted molar refractivity (Wildman–Crippen MR) is 52.7 cm³/mol. The van der Waals surface area contributed by atoms with Crippen molar-refractivity contribution in [2.45, 2.75) is 19.4 Å². The maximum atomic E-state index is 9.36. The molecule has 0 saturated carbocycles. The summed E-state index contributed by atoms with van der Waals surface area (Å²) in [6, 6.07) is 5.25. The number of phenols is 1. The van der Waals surface area contributed by atoms with Crippen LogP contribution in [0.5, 0.6) is 11.5 Å². The first-order valence-electron chi connectivity index (χ1n) is 4.79. The molecule has 0 aromatic heterocycles. The van der Waals surface area contributed by atoms with Gasteiger partial charge in [-0.1, -0.05) is 0 Å². The molecule has 0 amide bonds. The van der Waals surface area contributed by atoms with Gasteiger partial charge < -0.3 is 14.6 Å². The highest BCUT2D eigenvalue weighted by Crippen LogP contribution is 2.23. The number of aryl methyl sites for hydroxylation is 1. The minimum absolute atomic E-state index is 0.135. The molecule has 0 aliphatic carbocycles. The summed E-state index contributed by atoms with van der Waals surface area (Å²) >= 11 is 0. The third-order valence-electron chi connectivity index (χ3n) is 2.23. The number of rotatable bonds is 2. The zero-order valence-electron chi connectivity index (χ0n) is 8.19. The average molecular weight is 194 g/mol. The van der Waals surface area contributed by atoms with Crippen molar-refractivity contribution in [1.29, 1.82) is 0 Å². The highest BCUT2D eigenvalue weighted by atomic mass is 16.5. The molecule has 1 atom stereocenters. The number of hydrogen-bond donors (Lipinski definition) is 1. The zero-order valence-corrected chi connectivity index (χ0v) is 8.19. The van der Waals surface area contributed by atoms with E-state index in [2.05, 4.69) is 0 Å². The highest BCUT2D eigenvalue weighted by molar-refractivity contribution is 5.36. The topological polar surface area (TPSA) is 38.7 Å². The summed E-state index contributed by atoms with van der Waals surface area (Å²) in [6.07, 6.45) is 1.06. The van der Waals surface area contributed by atoms with Crippen LogP contribution in [0.3, 0.4) is 0 Å². The molecule has 1 fully saturated rings. The first-order valence-corrected chi connectivity index (χ1v) is 4.79. The van der Waals surface area contributed by atoms with E-state index in [0.717, 1.165) is 24.3 Å². The Balaban J connectivity index is 2.07. The molecule has 76 valence electrons. The monoisotopic (exact) mass is 194 g/mol. The molecule has 1 N–H and O–H groups in total. The molecule has 0 spiro atoms. The van der Waals surface area contributed by atoms with Gasteiger partial charge in [0.25, 0.3) is 0 Å². The lowest BCUT2D eigenvalue weighted by Gasteiger charge is -2.12. The van der Waals surface area contributed by atoms with E-state index in [1.165, 1.54) is 0 Å². The van der Waals surface area contributed by atoms with Crippen LogP contribution in [0.25, 0.3) is 0 Å². The van der Waals surface area contributed by atoms with Crippen LogP contribution in [0.15, 0.2) is 18.2 Å². The van der Waals surface area contributed by atoms with Crippen molar-refractivity contribution in [3.63, 3.8) is 0 Å². The summed E-state index contributed by atoms with van der Waals surface area (Å²) in [5.74, 6) is 0.969. The maximum absolute atomic E-state index is 9.36. The Morgan fingerprint density at radius 1 is 1.43 bits per heavy atom. The van der Waals surface area contributed by atoms with Crippen LogP contribution in [0.4, 0.5) is 0 Å². The van der Waals surface area contributed by atoms with E-state index < -0.39 is 0 Å². The summed E-state index contributed by atoms with van der Waals surface area (Å²) in [5.41, 5.74) is 0.999. The Morgan fingerprint density at radius 2 is 2.29 bits per heavy atom. The molecule has 1 aromatic rings. The summed E-state index contributed by atoms with van der Waals surface area (Å²) in [4.78, 5) is 0. The fourth-order valence-electron chi connectivity index (χ4n) is 1.59. The zero-order chi connectivity index (χ0) is 9.97. The van der Waals surface area contributed by atoms with Crippen LogP contribution in [-0.2, 0) is 4.74 Å². The number of hydrogen-bond acceptors (Lipinski definition) is 3. The van der Waals surface area contributed by atoms with Crippen LogP contribution in [0.2, 0.25) is 0 Å². The van der Waals surface area contributed by atoms with Gasteiger partial charge in [0.1, 0.15) is 17.6 Å². The Hall–Kier alpha value is -1.22. The van der Waals surface area contributed by atoms with E-state index in [9.17, 15) is 5.11 Å². The molecule has 1 saturated heterocycles. The average Bonchev–Trinajstić information content (AvgIpc) is 2.54. The Kier molecular flexibility index (Phi) is 2.59. The minimum atomic E-state index is 0.135.